The number of fused-ring (bicyclic) bond motifs is 2. The third-order valence-corrected chi connectivity index (χ3v) is 7.04. The lowest BCUT2D eigenvalue weighted by molar-refractivity contribution is -0.0248. The Morgan fingerprint density at radius 3 is 2.38 bits per heavy atom. The van der Waals surface area contributed by atoms with E-state index in [1.807, 2.05) is 31.2 Å². The fraction of sp³-hybridized carbons (Fsp3) is 0.316. The van der Waals surface area contributed by atoms with Gasteiger partial charge in [0.25, 0.3) is 0 Å². The Hall–Kier alpha value is -2.38. The van der Waals surface area contributed by atoms with Crippen molar-refractivity contribution >= 4 is 21.8 Å². The number of aryl methyl sites for hydroxylation is 1. The Morgan fingerprint density at radius 2 is 1.69 bits per heavy atom. The molecule has 26 heavy (non-hydrogen) atoms. The molecule has 0 aliphatic carbocycles. The molecule has 1 saturated heterocycles. The number of hydrogen-bond acceptors (Lipinski definition) is 4. The molecular weight excluding hydrogens is 352 g/mol. The standard InChI is InChI=1S/C19H20N2O4S/c1-14-6-8-15(9-7-14)26(23,24)21-12-10-19(11-13-21)16-4-2-3-5-17(16)20-18(22)25-19/h2-9H,10-13H2,1H3,(H,20,22). The second-order valence-corrected chi connectivity index (χ2v) is 8.71. The van der Waals surface area contributed by atoms with Crippen LogP contribution < -0.4 is 5.32 Å². The molecule has 0 radical (unpaired) electrons. The van der Waals surface area contributed by atoms with E-state index in [0.717, 1.165) is 16.8 Å². The number of ether oxygens (including phenoxy) is 1. The summed E-state index contributed by atoms with van der Waals surface area (Å²) >= 11 is 0. The minimum Gasteiger partial charge on any atom is -0.438 e. The fourth-order valence-corrected chi connectivity index (χ4v) is 5.12. The van der Waals surface area contributed by atoms with Gasteiger partial charge in [-0.15, -0.1) is 0 Å². The first-order chi connectivity index (χ1) is 12.4. The predicted molar refractivity (Wildman–Crippen MR) is 97.4 cm³/mol. The summed E-state index contributed by atoms with van der Waals surface area (Å²) in [4.78, 5) is 12.3. The minimum absolute atomic E-state index is 0.293. The molecule has 1 fully saturated rings. The van der Waals surface area contributed by atoms with E-state index < -0.39 is 21.7 Å². The number of carbonyl (C=O) groups is 1. The molecule has 0 aromatic heterocycles. The maximum Gasteiger partial charge on any atom is 0.412 e. The maximum atomic E-state index is 12.9. The van der Waals surface area contributed by atoms with Gasteiger partial charge in [0, 0.05) is 31.5 Å². The fourth-order valence-electron chi connectivity index (χ4n) is 3.68. The van der Waals surface area contributed by atoms with Crippen LogP contribution in [0.25, 0.3) is 0 Å². The molecule has 2 aliphatic rings. The number of nitrogens with zero attached hydrogens (tertiary/aromatic N) is 1. The average molecular weight is 372 g/mol. The van der Waals surface area contributed by atoms with Crippen molar-refractivity contribution < 1.29 is 17.9 Å². The molecule has 1 spiro atoms. The van der Waals surface area contributed by atoms with Gasteiger partial charge in [-0.1, -0.05) is 35.9 Å². The molecule has 4 rings (SSSR count). The molecule has 2 aromatic carbocycles. The van der Waals surface area contributed by atoms with Gasteiger partial charge in [-0.3, -0.25) is 5.32 Å². The first-order valence-electron chi connectivity index (χ1n) is 8.57. The summed E-state index contributed by atoms with van der Waals surface area (Å²) in [6, 6.07) is 14.4. The largest absolute Gasteiger partial charge is 0.438 e. The summed E-state index contributed by atoms with van der Waals surface area (Å²) in [6.45, 7) is 2.53. The van der Waals surface area contributed by atoms with Gasteiger partial charge in [-0.25, -0.2) is 13.2 Å². The van der Waals surface area contributed by atoms with Crippen molar-refractivity contribution in [1.29, 1.82) is 0 Å². The van der Waals surface area contributed by atoms with Crippen molar-refractivity contribution in [2.24, 2.45) is 0 Å². The van der Waals surface area contributed by atoms with E-state index in [-0.39, 0.29) is 0 Å². The SMILES string of the molecule is Cc1ccc(S(=O)(=O)N2CCC3(CC2)OC(=O)Nc2ccccc23)cc1. The van der Waals surface area contributed by atoms with E-state index in [4.69, 9.17) is 4.74 Å². The Balaban J connectivity index is 1.60. The molecule has 2 heterocycles. The summed E-state index contributed by atoms with van der Waals surface area (Å²) in [5, 5.41) is 2.71. The van der Waals surface area contributed by atoms with E-state index in [2.05, 4.69) is 5.32 Å². The molecular formula is C19H20N2O4S. The predicted octanol–water partition coefficient (Wildman–Crippen LogP) is 3.24. The zero-order valence-electron chi connectivity index (χ0n) is 14.4. The number of carbonyl (C=O) groups excluding carboxylic acids is 1. The molecule has 2 aromatic rings. The van der Waals surface area contributed by atoms with Crippen LogP contribution in [0.5, 0.6) is 0 Å². The normalized spacial score (nSPS) is 19.5. The highest BCUT2D eigenvalue weighted by Crippen LogP contribution is 2.44. The van der Waals surface area contributed by atoms with E-state index in [9.17, 15) is 13.2 Å². The summed E-state index contributed by atoms with van der Waals surface area (Å²) in [6.07, 6.45) is 0.379. The Bertz CT molecular complexity index is 946. The second-order valence-electron chi connectivity index (χ2n) is 6.77. The highest BCUT2D eigenvalue weighted by atomic mass is 32.2. The van der Waals surface area contributed by atoms with Crippen molar-refractivity contribution in [2.45, 2.75) is 30.3 Å². The number of para-hydroxylation sites is 1. The maximum absolute atomic E-state index is 12.9. The average Bonchev–Trinajstić information content (AvgIpc) is 2.62. The third kappa shape index (κ3) is 2.77. The van der Waals surface area contributed by atoms with Crippen molar-refractivity contribution in [3.8, 4) is 0 Å². The van der Waals surface area contributed by atoms with Gasteiger partial charge in [0.05, 0.1) is 10.6 Å². The van der Waals surface area contributed by atoms with Gasteiger partial charge in [0.15, 0.2) is 0 Å². The number of piperidine rings is 1. The van der Waals surface area contributed by atoms with E-state index in [1.54, 1.807) is 24.3 Å². The van der Waals surface area contributed by atoms with Crippen molar-refractivity contribution in [2.75, 3.05) is 18.4 Å². The number of amides is 1. The number of sulfonamides is 1. The van der Waals surface area contributed by atoms with Crippen LogP contribution in [0.15, 0.2) is 53.4 Å². The summed E-state index contributed by atoms with van der Waals surface area (Å²) in [7, 11) is -3.55. The lowest BCUT2D eigenvalue weighted by Gasteiger charge is -2.43. The van der Waals surface area contributed by atoms with Gasteiger partial charge < -0.3 is 4.74 Å². The number of anilines is 1. The molecule has 136 valence electrons. The Labute approximate surface area is 152 Å². The Morgan fingerprint density at radius 1 is 1.04 bits per heavy atom. The van der Waals surface area contributed by atoms with E-state index >= 15 is 0 Å². The first-order valence-corrected chi connectivity index (χ1v) is 10.0. The van der Waals surface area contributed by atoms with Gasteiger partial charge in [0.1, 0.15) is 5.60 Å². The smallest absolute Gasteiger partial charge is 0.412 e. The van der Waals surface area contributed by atoms with Gasteiger partial charge in [0.2, 0.25) is 10.0 Å². The molecule has 1 amide bonds. The molecule has 0 unspecified atom stereocenters. The third-order valence-electron chi connectivity index (χ3n) is 5.13. The zero-order valence-corrected chi connectivity index (χ0v) is 15.3. The number of nitrogens with one attached hydrogen (secondary N) is 1. The molecule has 0 saturated carbocycles. The van der Waals surface area contributed by atoms with Gasteiger partial charge in [-0.2, -0.15) is 4.31 Å². The van der Waals surface area contributed by atoms with Crippen LogP contribution in [0, 0.1) is 6.92 Å². The van der Waals surface area contributed by atoms with E-state index in [0.29, 0.717) is 30.8 Å². The van der Waals surface area contributed by atoms with Crippen LogP contribution in [0.3, 0.4) is 0 Å². The quantitative estimate of drug-likeness (QED) is 0.878. The van der Waals surface area contributed by atoms with Crippen LogP contribution >= 0.6 is 0 Å². The number of hydrogen-bond donors (Lipinski definition) is 1. The van der Waals surface area contributed by atoms with E-state index in [1.165, 1.54) is 4.31 Å². The zero-order chi connectivity index (χ0) is 18.4. The van der Waals surface area contributed by atoms with Crippen LogP contribution in [-0.4, -0.2) is 31.9 Å². The highest BCUT2D eigenvalue weighted by Gasteiger charge is 2.46. The van der Waals surface area contributed by atoms with Crippen LogP contribution in [-0.2, 0) is 20.4 Å². The summed E-state index contributed by atoms with van der Waals surface area (Å²) < 4.78 is 32.9. The first kappa shape index (κ1) is 17.1. The van der Waals surface area contributed by atoms with Crippen molar-refractivity contribution in [1.82, 2.24) is 4.31 Å². The number of benzene rings is 2. The molecule has 7 heteroatoms. The molecule has 6 nitrogen and oxygen atoms in total. The monoisotopic (exact) mass is 372 g/mol. The molecule has 1 N–H and O–H groups in total. The lowest BCUT2D eigenvalue weighted by Crippen LogP contribution is -2.49. The highest BCUT2D eigenvalue weighted by molar-refractivity contribution is 7.89. The topological polar surface area (TPSA) is 75.7 Å². The molecule has 2 aliphatic heterocycles. The second kappa shape index (κ2) is 6.10. The Kier molecular flexibility index (Phi) is 4.00. The lowest BCUT2D eigenvalue weighted by atomic mass is 9.83. The van der Waals surface area contributed by atoms with Crippen molar-refractivity contribution in [3.05, 3.63) is 59.7 Å². The van der Waals surface area contributed by atoms with Gasteiger partial charge in [-0.05, 0) is 25.1 Å². The molecule has 0 atom stereocenters. The summed E-state index contributed by atoms with van der Waals surface area (Å²) in [5.74, 6) is 0. The van der Waals surface area contributed by atoms with Crippen LogP contribution in [0.2, 0.25) is 0 Å². The molecule has 0 bridgehead atoms. The van der Waals surface area contributed by atoms with Crippen LogP contribution in [0.1, 0.15) is 24.0 Å². The van der Waals surface area contributed by atoms with Crippen molar-refractivity contribution in [3.63, 3.8) is 0 Å². The van der Waals surface area contributed by atoms with Crippen LogP contribution in [0.4, 0.5) is 10.5 Å². The number of rotatable bonds is 2. The minimum atomic E-state index is -3.55. The van der Waals surface area contributed by atoms with Gasteiger partial charge >= 0.3 is 6.09 Å². The summed E-state index contributed by atoms with van der Waals surface area (Å²) in [5.41, 5.74) is 1.89.